The maximum absolute atomic E-state index is 9.42. The van der Waals surface area contributed by atoms with Crippen LogP contribution in [0.2, 0.25) is 0 Å². The van der Waals surface area contributed by atoms with Crippen molar-refractivity contribution in [3.8, 4) is 5.75 Å². The molecule has 0 saturated carbocycles. The summed E-state index contributed by atoms with van der Waals surface area (Å²) in [5, 5.41) is 13.8. The molecule has 0 aliphatic rings. The minimum absolute atomic E-state index is 0.193. The number of nitrogens with one attached hydrogen (secondary N) is 1. The first-order chi connectivity index (χ1) is 7.11. The van der Waals surface area contributed by atoms with Crippen molar-refractivity contribution in [1.82, 2.24) is 10.3 Å². The lowest BCUT2D eigenvalue weighted by molar-refractivity contribution is 0.474. The van der Waals surface area contributed by atoms with Gasteiger partial charge in [-0.05, 0) is 24.4 Å². The zero-order valence-corrected chi connectivity index (χ0v) is 9.45. The van der Waals surface area contributed by atoms with Gasteiger partial charge < -0.3 is 10.0 Å². The molecule has 5 heteroatoms. The number of para-hydroxylation sites is 1. The van der Waals surface area contributed by atoms with Crippen LogP contribution < -0.4 is 5.43 Å². The highest BCUT2D eigenvalue weighted by Crippen LogP contribution is 2.12. The first-order valence-corrected chi connectivity index (χ1v) is 4.80. The second-order valence-electron chi connectivity index (χ2n) is 3.13. The van der Waals surface area contributed by atoms with Gasteiger partial charge in [-0.25, -0.2) is 0 Å². The number of rotatable bonds is 2. The van der Waals surface area contributed by atoms with Crippen molar-refractivity contribution in [2.75, 3.05) is 14.1 Å². The number of benzene rings is 1. The van der Waals surface area contributed by atoms with Gasteiger partial charge in [-0.15, -0.1) is 0 Å². The van der Waals surface area contributed by atoms with Crippen LogP contribution in [0.5, 0.6) is 5.75 Å². The van der Waals surface area contributed by atoms with Crippen LogP contribution in [0.1, 0.15) is 5.56 Å². The Kier molecular flexibility index (Phi) is 4.05. The fourth-order valence-corrected chi connectivity index (χ4v) is 0.906. The number of thiocarbonyl (C=S) groups is 1. The molecule has 0 atom stereocenters. The number of aromatic hydroxyl groups is 1. The molecule has 0 aromatic heterocycles. The van der Waals surface area contributed by atoms with E-state index in [0.29, 0.717) is 10.7 Å². The van der Waals surface area contributed by atoms with Crippen LogP contribution in [0.15, 0.2) is 29.4 Å². The average Bonchev–Trinajstić information content (AvgIpc) is 2.20. The molecule has 15 heavy (non-hydrogen) atoms. The Balaban J connectivity index is 2.59. The van der Waals surface area contributed by atoms with E-state index in [2.05, 4.69) is 10.5 Å². The summed E-state index contributed by atoms with van der Waals surface area (Å²) in [6.45, 7) is 0. The van der Waals surface area contributed by atoms with Gasteiger partial charge in [0.1, 0.15) is 5.75 Å². The van der Waals surface area contributed by atoms with Crippen LogP contribution in [0.25, 0.3) is 0 Å². The molecular weight excluding hydrogens is 210 g/mol. The molecule has 0 saturated heterocycles. The van der Waals surface area contributed by atoms with Gasteiger partial charge in [-0.3, -0.25) is 5.43 Å². The third-order valence-electron chi connectivity index (χ3n) is 1.71. The molecular formula is C10H13N3OS. The lowest BCUT2D eigenvalue weighted by Crippen LogP contribution is -2.30. The molecule has 0 unspecified atom stereocenters. The third kappa shape index (κ3) is 3.55. The van der Waals surface area contributed by atoms with Crippen molar-refractivity contribution in [2.24, 2.45) is 5.10 Å². The fraction of sp³-hybridized carbons (Fsp3) is 0.200. The maximum Gasteiger partial charge on any atom is 0.189 e. The largest absolute Gasteiger partial charge is 0.507 e. The van der Waals surface area contributed by atoms with Gasteiger partial charge in [0.25, 0.3) is 0 Å². The van der Waals surface area contributed by atoms with E-state index in [0.717, 1.165) is 0 Å². The molecule has 1 aromatic rings. The number of phenols is 1. The van der Waals surface area contributed by atoms with E-state index in [1.807, 2.05) is 20.2 Å². The van der Waals surface area contributed by atoms with Crippen molar-refractivity contribution >= 4 is 23.5 Å². The quantitative estimate of drug-likeness (QED) is 0.449. The summed E-state index contributed by atoms with van der Waals surface area (Å²) in [6.07, 6.45) is 1.52. The van der Waals surface area contributed by atoms with Crippen LogP contribution in [0, 0.1) is 0 Å². The third-order valence-corrected chi connectivity index (χ3v) is 2.16. The normalized spacial score (nSPS) is 10.3. The van der Waals surface area contributed by atoms with Gasteiger partial charge in [0.15, 0.2) is 5.11 Å². The Bertz CT molecular complexity index is 377. The van der Waals surface area contributed by atoms with Crippen molar-refractivity contribution in [3.63, 3.8) is 0 Å². The van der Waals surface area contributed by atoms with Crippen LogP contribution in [-0.4, -0.2) is 35.4 Å². The molecule has 0 fully saturated rings. The summed E-state index contributed by atoms with van der Waals surface area (Å²) in [4.78, 5) is 1.73. The Morgan fingerprint density at radius 2 is 2.13 bits per heavy atom. The van der Waals surface area contributed by atoms with Crippen molar-refractivity contribution in [2.45, 2.75) is 0 Å². The summed E-state index contributed by atoms with van der Waals surface area (Å²) in [6, 6.07) is 6.95. The first-order valence-electron chi connectivity index (χ1n) is 4.39. The van der Waals surface area contributed by atoms with Gasteiger partial charge >= 0.3 is 0 Å². The van der Waals surface area contributed by atoms with Crippen LogP contribution in [0.4, 0.5) is 0 Å². The number of nitrogens with zero attached hydrogens (tertiary/aromatic N) is 2. The lowest BCUT2D eigenvalue weighted by atomic mass is 10.2. The molecule has 0 radical (unpaired) electrons. The van der Waals surface area contributed by atoms with E-state index in [1.165, 1.54) is 6.21 Å². The van der Waals surface area contributed by atoms with E-state index in [1.54, 1.807) is 23.1 Å². The molecule has 1 aromatic carbocycles. The molecule has 0 aliphatic heterocycles. The standard InChI is InChI=1S/C10H13N3OS/c1-13(2)10(15)12-11-7-8-5-3-4-6-9(8)14/h3-7,14H,1-2H3,(H,12,15). The topological polar surface area (TPSA) is 47.9 Å². The van der Waals surface area contributed by atoms with E-state index >= 15 is 0 Å². The predicted molar refractivity (Wildman–Crippen MR) is 65.1 cm³/mol. The second-order valence-corrected chi connectivity index (χ2v) is 3.52. The van der Waals surface area contributed by atoms with Gasteiger partial charge in [0.05, 0.1) is 6.21 Å². The molecule has 0 heterocycles. The summed E-state index contributed by atoms with van der Waals surface area (Å²) in [7, 11) is 3.65. The van der Waals surface area contributed by atoms with Gasteiger partial charge in [-0.1, -0.05) is 12.1 Å². The van der Waals surface area contributed by atoms with Crippen molar-refractivity contribution < 1.29 is 5.11 Å². The van der Waals surface area contributed by atoms with E-state index in [-0.39, 0.29) is 5.75 Å². The van der Waals surface area contributed by atoms with E-state index in [4.69, 9.17) is 12.2 Å². The molecule has 1 rings (SSSR count). The monoisotopic (exact) mass is 223 g/mol. The van der Waals surface area contributed by atoms with Gasteiger partial charge in [-0.2, -0.15) is 5.10 Å². The van der Waals surface area contributed by atoms with Gasteiger partial charge in [0, 0.05) is 19.7 Å². The fourth-order valence-electron chi connectivity index (χ4n) is 0.854. The molecule has 80 valence electrons. The number of phenolic OH excluding ortho intramolecular Hbond substituents is 1. The summed E-state index contributed by atoms with van der Waals surface area (Å²) >= 11 is 4.96. The Morgan fingerprint density at radius 1 is 1.47 bits per heavy atom. The van der Waals surface area contributed by atoms with E-state index in [9.17, 15) is 5.11 Å². The SMILES string of the molecule is CN(C)C(=S)NN=Cc1ccccc1O. The van der Waals surface area contributed by atoms with Gasteiger partial charge in [0.2, 0.25) is 0 Å². The van der Waals surface area contributed by atoms with Crippen LogP contribution in [0.3, 0.4) is 0 Å². The summed E-state index contributed by atoms with van der Waals surface area (Å²) in [5.74, 6) is 0.193. The molecule has 0 bridgehead atoms. The van der Waals surface area contributed by atoms with Crippen molar-refractivity contribution in [1.29, 1.82) is 0 Å². The molecule has 2 N–H and O–H groups in total. The molecule has 0 aliphatic carbocycles. The Hall–Kier alpha value is -1.62. The van der Waals surface area contributed by atoms with E-state index < -0.39 is 0 Å². The Morgan fingerprint density at radius 3 is 2.73 bits per heavy atom. The number of hydrazone groups is 1. The molecule has 4 nitrogen and oxygen atoms in total. The first kappa shape index (κ1) is 11.5. The predicted octanol–water partition coefficient (Wildman–Crippen LogP) is 1.16. The average molecular weight is 223 g/mol. The highest BCUT2D eigenvalue weighted by atomic mass is 32.1. The van der Waals surface area contributed by atoms with Crippen LogP contribution in [-0.2, 0) is 0 Å². The number of hydrogen-bond donors (Lipinski definition) is 2. The zero-order valence-electron chi connectivity index (χ0n) is 8.64. The Labute approximate surface area is 94.2 Å². The molecule has 0 spiro atoms. The minimum atomic E-state index is 0.193. The second kappa shape index (κ2) is 5.31. The smallest absolute Gasteiger partial charge is 0.189 e. The lowest BCUT2D eigenvalue weighted by Gasteiger charge is -2.11. The molecule has 0 amide bonds. The highest BCUT2D eigenvalue weighted by molar-refractivity contribution is 7.80. The zero-order chi connectivity index (χ0) is 11.3. The summed E-state index contributed by atoms with van der Waals surface area (Å²) < 4.78 is 0. The van der Waals surface area contributed by atoms with Crippen LogP contribution >= 0.6 is 12.2 Å². The maximum atomic E-state index is 9.42. The summed E-state index contributed by atoms with van der Waals surface area (Å²) in [5.41, 5.74) is 3.32. The number of hydrogen-bond acceptors (Lipinski definition) is 3. The highest BCUT2D eigenvalue weighted by Gasteiger charge is 1.96. The van der Waals surface area contributed by atoms with Crippen molar-refractivity contribution in [3.05, 3.63) is 29.8 Å². The minimum Gasteiger partial charge on any atom is -0.507 e.